The molecule has 0 fully saturated rings. The van der Waals surface area contributed by atoms with E-state index in [2.05, 4.69) is 14.9 Å². The van der Waals surface area contributed by atoms with E-state index >= 15 is 0 Å². The van der Waals surface area contributed by atoms with E-state index in [1.807, 2.05) is 12.1 Å². The number of hydrogen-bond donors (Lipinski definition) is 4. The van der Waals surface area contributed by atoms with Crippen molar-refractivity contribution in [2.75, 3.05) is 12.3 Å². The number of fused-ring (bicyclic) bond motifs is 1. The molecule has 7 nitrogen and oxygen atoms in total. The maximum absolute atomic E-state index is 12.6. The van der Waals surface area contributed by atoms with Crippen LogP contribution in [0.2, 0.25) is 0 Å². The number of anilines is 1. The first-order chi connectivity index (χ1) is 13.0. The molecule has 4 rings (SSSR count). The number of phenolic OH excluding ortho intramolecular Hbond substituents is 2. The summed E-state index contributed by atoms with van der Waals surface area (Å²) in [4.78, 5) is 22.1. The van der Waals surface area contributed by atoms with Crippen LogP contribution in [-0.4, -0.2) is 31.6 Å². The quantitative estimate of drug-likeness (QED) is 0.417. The second-order valence-electron chi connectivity index (χ2n) is 6.71. The summed E-state index contributed by atoms with van der Waals surface area (Å²) in [6.45, 7) is 1.59. The number of aromatic nitrogens is 2. The van der Waals surface area contributed by atoms with Crippen LogP contribution in [0, 0.1) is 0 Å². The third-order valence-electron chi connectivity index (χ3n) is 4.82. The van der Waals surface area contributed by atoms with Crippen LogP contribution >= 0.6 is 0 Å². The zero-order chi connectivity index (χ0) is 19.0. The van der Waals surface area contributed by atoms with Gasteiger partial charge in [0.1, 0.15) is 5.82 Å². The highest BCUT2D eigenvalue weighted by atomic mass is 16.3. The fourth-order valence-corrected chi connectivity index (χ4v) is 3.34. The molecular formula is C20H20N4O3. The minimum Gasteiger partial charge on any atom is -0.504 e. The number of benzene rings is 2. The Bertz CT molecular complexity index is 1040. The summed E-state index contributed by atoms with van der Waals surface area (Å²) in [5, 5.41) is 19.6. The molecule has 0 saturated heterocycles. The van der Waals surface area contributed by atoms with Gasteiger partial charge in [0.05, 0.1) is 11.3 Å². The molecule has 0 amide bonds. The maximum atomic E-state index is 12.6. The molecule has 1 aromatic heterocycles. The number of hydrogen-bond acceptors (Lipinski definition) is 6. The Morgan fingerprint density at radius 3 is 2.70 bits per heavy atom. The lowest BCUT2D eigenvalue weighted by Gasteiger charge is -2.28. The maximum Gasteiger partial charge on any atom is 0.255 e. The number of aromatic amines is 1. The number of aromatic hydroxyl groups is 2. The van der Waals surface area contributed by atoms with Gasteiger partial charge in [-0.05, 0) is 30.3 Å². The van der Waals surface area contributed by atoms with Crippen molar-refractivity contribution < 1.29 is 10.2 Å². The zero-order valence-corrected chi connectivity index (χ0v) is 14.6. The van der Waals surface area contributed by atoms with Crippen molar-refractivity contribution in [2.24, 2.45) is 0 Å². The van der Waals surface area contributed by atoms with Gasteiger partial charge in [0, 0.05) is 42.9 Å². The summed E-state index contributed by atoms with van der Waals surface area (Å²) in [6.07, 6.45) is 0.640. The van der Waals surface area contributed by atoms with Gasteiger partial charge >= 0.3 is 0 Å². The van der Waals surface area contributed by atoms with Gasteiger partial charge in [-0.1, -0.05) is 12.1 Å². The van der Waals surface area contributed by atoms with Crippen LogP contribution in [0.15, 0.2) is 47.3 Å². The first-order valence-corrected chi connectivity index (χ1v) is 8.71. The molecule has 2 aromatic carbocycles. The number of nitrogens with one attached hydrogen (secondary N) is 1. The molecule has 0 atom stereocenters. The molecule has 0 aliphatic carbocycles. The van der Waals surface area contributed by atoms with Gasteiger partial charge in [0.25, 0.3) is 5.56 Å². The van der Waals surface area contributed by atoms with Crippen molar-refractivity contribution in [1.82, 2.24) is 14.9 Å². The van der Waals surface area contributed by atoms with Crippen LogP contribution in [0.25, 0.3) is 11.4 Å². The molecule has 1 aliphatic heterocycles. The van der Waals surface area contributed by atoms with E-state index in [1.54, 1.807) is 24.3 Å². The summed E-state index contributed by atoms with van der Waals surface area (Å²) in [7, 11) is 0. The van der Waals surface area contributed by atoms with Crippen LogP contribution in [0.3, 0.4) is 0 Å². The smallest absolute Gasteiger partial charge is 0.255 e. The van der Waals surface area contributed by atoms with Gasteiger partial charge in [0.15, 0.2) is 11.5 Å². The molecule has 7 heteroatoms. The van der Waals surface area contributed by atoms with Crippen molar-refractivity contribution >= 4 is 5.69 Å². The number of rotatable bonds is 3. The second kappa shape index (κ2) is 6.77. The van der Waals surface area contributed by atoms with Crippen molar-refractivity contribution in [2.45, 2.75) is 19.5 Å². The Kier molecular flexibility index (Phi) is 4.29. The summed E-state index contributed by atoms with van der Waals surface area (Å²) in [5.41, 5.74) is 9.09. The van der Waals surface area contributed by atoms with Gasteiger partial charge in [-0.2, -0.15) is 0 Å². The highest BCUT2D eigenvalue weighted by Gasteiger charge is 2.22. The molecule has 5 N–H and O–H groups in total. The standard InChI is InChI=1S/C20H20N4O3/c21-14-6-4-12(5-7-14)19-22-16-8-9-24(11-15(16)20(27)23-19)10-13-2-1-3-17(25)18(13)26/h1-7,25-26H,8-11,21H2,(H,22,23,27). The fourth-order valence-electron chi connectivity index (χ4n) is 3.34. The molecule has 0 spiro atoms. The Labute approximate surface area is 155 Å². The first-order valence-electron chi connectivity index (χ1n) is 8.71. The lowest BCUT2D eigenvalue weighted by molar-refractivity contribution is 0.238. The second-order valence-corrected chi connectivity index (χ2v) is 6.71. The van der Waals surface area contributed by atoms with E-state index in [0.29, 0.717) is 48.7 Å². The molecule has 27 heavy (non-hydrogen) atoms. The Balaban J connectivity index is 1.59. The molecule has 0 saturated carbocycles. The Hall–Kier alpha value is -3.32. The average Bonchev–Trinajstić information content (AvgIpc) is 2.66. The number of H-pyrrole nitrogens is 1. The molecule has 0 unspecified atom stereocenters. The van der Waals surface area contributed by atoms with Gasteiger partial charge in [-0.3, -0.25) is 9.69 Å². The third-order valence-corrected chi connectivity index (χ3v) is 4.82. The summed E-state index contributed by atoms with van der Waals surface area (Å²) in [6, 6.07) is 12.1. The number of nitrogen functional groups attached to an aromatic ring is 1. The number of para-hydroxylation sites is 1. The predicted octanol–water partition coefficient (Wildman–Crippen LogP) is 1.99. The van der Waals surface area contributed by atoms with Crippen LogP contribution < -0.4 is 11.3 Å². The molecule has 138 valence electrons. The molecular weight excluding hydrogens is 344 g/mol. The van der Waals surface area contributed by atoms with E-state index in [4.69, 9.17) is 5.73 Å². The highest BCUT2D eigenvalue weighted by Crippen LogP contribution is 2.30. The largest absolute Gasteiger partial charge is 0.504 e. The van der Waals surface area contributed by atoms with Crippen molar-refractivity contribution in [3.05, 3.63) is 69.6 Å². The molecule has 1 aliphatic rings. The lowest BCUT2D eigenvalue weighted by atomic mass is 10.0. The zero-order valence-electron chi connectivity index (χ0n) is 14.6. The van der Waals surface area contributed by atoms with Gasteiger partial charge < -0.3 is 20.9 Å². The van der Waals surface area contributed by atoms with E-state index in [1.165, 1.54) is 6.07 Å². The average molecular weight is 364 g/mol. The summed E-state index contributed by atoms with van der Waals surface area (Å²) in [5.74, 6) is 0.282. The molecule has 3 aromatic rings. The minimum absolute atomic E-state index is 0.117. The minimum atomic E-state index is -0.156. The number of nitrogens with two attached hydrogens (primary N) is 1. The highest BCUT2D eigenvalue weighted by molar-refractivity contribution is 5.58. The van der Waals surface area contributed by atoms with E-state index in [0.717, 1.165) is 11.3 Å². The molecule has 0 radical (unpaired) electrons. The molecule has 0 bridgehead atoms. The van der Waals surface area contributed by atoms with Crippen molar-refractivity contribution in [3.8, 4) is 22.9 Å². The fraction of sp³-hybridized carbons (Fsp3) is 0.200. The van der Waals surface area contributed by atoms with Crippen LogP contribution in [-0.2, 0) is 19.5 Å². The van der Waals surface area contributed by atoms with Gasteiger partial charge in [-0.15, -0.1) is 0 Å². The summed E-state index contributed by atoms with van der Waals surface area (Å²) >= 11 is 0. The lowest BCUT2D eigenvalue weighted by Crippen LogP contribution is -2.35. The SMILES string of the molecule is Nc1ccc(-c2nc3c(c(=O)[nH]2)CN(Cc2cccc(O)c2O)CC3)cc1. The van der Waals surface area contributed by atoms with E-state index < -0.39 is 0 Å². The Morgan fingerprint density at radius 1 is 1.15 bits per heavy atom. The van der Waals surface area contributed by atoms with Crippen molar-refractivity contribution in [3.63, 3.8) is 0 Å². The summed E-state index contributed by atoms with van der Waals surface area (Å²) < 4.78 is 0. The van der Waals surface area contributed by atoms with Crippen LogP contribution in [0.1, 0.15) is 16.8 Å². The first kappa shape index (κ1) is 17.1. The monoisotopic (exact) mass is 364 g/mol. The normalized spacial score (nSPS) is 14.1. The number of nitrogens with zero attached hydrogens (tertiary/aromatic N) is 2. The molecule has 2 heterocycles. The predicted molar refractivity (Wildman–Crippen MR) is 102 cm³/mol. The van der Waals surface area contributed by atoms with Crippen LogP contribution in [0.5, 0.6) is 11.5 Å². The van der Waals surface area contributed by atoms with E-state index in [9.17, 15) is 15.0 Å². The van der Waals surface area contributed by atoms with Gasteiger partial charge in [-0.25, -0.2) is 4.98 Å². The number of phenols is 2. The van der Waals surface area contributed by atoms with Crippen molar-refractivity contribution in [1.29, 1.82) is 0 Å². The third kappa shape index (κ3) is 3.37. The van der Waals surface area contributed by atoms with Gasteiger partial charge in [0.2, 0.25) is 0 Å². The van der Waals surface area contributed by atoms with Crippen LogP contribution in [0.4, 0.5) is 5.69 Å². The Morgan fingerprint density at radius 2 is 1.93 bits per heavy atom. The topological polar surface area (TPSA) is 115 Å². The van der Waals surface area contributed by atoms with E-state index in [-0.39, 0.29) is 17.1 Å².